The first-order valence-corrected chi connectivity index (χ1v) is 6.80. The summed E-state index contributed by atoms with van der Waals surface area (Å²) < 4.78 is 13.0. The Bertz CT molecular complexity index is 560. The van der Waals surface area contributed by atoms with Gasteiger partial charge in [-0.25, -0.2) is 9.71 Å². The van der Waals surface area contributed by atoms with E-state index in [1.54, 1.807) is 0 Å². The van der Waals surface area contributed by atoms with Gasteiger partial charge in [0.2, 0.25) is 0 Å². The number of benzene rings is 1. The molecule has 1 N–H and O–H groups in total. The standard InChI is InChI=1S/C15H14FN2S/c16-12-6-4-10(5-7-12)14-3-1-2-11(14)8-13-9-17-15(19)18-13/h3-7,9,11H,1-2,8H2,(H,17,19)/t11-/m0/s1. The van der Waals surface area contributed by atoms with Crippen LogP contribution in [0.15, 0.2) is 42.2 Å². The molecule has 2 nitrogen and oxygen atoms in total. The van der Waals surface area contributed by atoms with Gasteiger partial charge in [0.15, 0.2) is 5.11 Å². The summed E-state index contributed by atoms with van der Waals surface area (Å²) in [5.74, 6) is 0.255. The molecule has 0 amide bonds. The average Bonchev–Trinajstić information content (AvgIpc) is 3.00. The maximum Gasteiger partial charge on any atom is 0.197 e. The number of allylic oxidation sites excluding steroid dienone is 3. The van der Waals surface area contributed by atoms with E-state index in [2.05, 4.69) is 16.7 Å². The highest BCUT2D eigenvalue weighted by Gasteiger charge is 2.24. The summed E-state index contributed by atoms with van der Waals surface area (Å²) in [4.78, 5) is 0. The van der Waals surface area contributed by atoms with Crippen LogP contribution < -0.4 is 10.6 Å². The van der Waals surface area contributed by atoms with Crippen molar-refractivity contribution in [1.29, 1.82) is 0 Å². The van der Waals surface area contributed by atoms with Crippen LogP contribution >= 0.6 is 12.2 Å². The lowest BCUT2D eigenvalue weighted by atomic mass is 9.91. The van der Waals surface area contributed by atoms with Crippen molar-refractivity contribution in [2.45, 2.75) is 19.3 Å². The molecule has 3 rings (SSSR count). The van der Waals surface area contributed by atoms with Gasteiger partial charge in [-0.3, -0.25) is 0 Å². The van der Waals surface area contributed by atoms with Crippen molar-refractivity contribution in [2.24, 2.45) is 5.92 Å². The predicted molar refractivity (Wildman–Crippen MR) is 77.7 cm³/mol. The summed E-state index contributed by atoms with van der Waals surface area (Å²) in [7, 11) is 0. The SMILES string of the molecule is Fc1ccc(C2=CCC[C@H]2CC2=CNC(=S)[N]2)cc1. The fraction of sp³-hybridized carbons (Fsp3) is 0.267. The Kier molecular flexibility index (Phi) is 3.34. The largest absolute Gasteiger partial charge is 0.336 e. The van der Waals surface area contributed by atoms with Crippen LogP contribution in [0.4, 0.5) is 4.39 Å². The van der Waals surface area contributed by atoms with Crippen LogP contribution in [0.2, 0.25) is 0 Å². The van der Waals surface area contributed by atoms with Crippen molar-refractivity contribution in [1.82, 2.24) is 10.6 Å². The van der Waals surface area contributed by atoms with E-state index in [4.69, 9.17) is 12.2 Å². The van der Waals surface area contributed by atoms with Gasteiger partial charge in [-0.15, -0.1) is 0 Å². The van der Waals surface area contributed by atoms with Gasteiger partial charge in [-0.2, -0.15) is 0 Å². The Morgan fingerprint density at radius 2 is 2.11 bits per heavy atom. The second kappa shape index (κ2) is 5.13. The van der Waals surface area contributed by atoms with Crippen molar-refractivity contribution in [3.63, 3.8) is 0 Å². The monoisotopic (exact) mass is 273 g/mol. The quantitative estimate of drug-likeness (QED) is 0.855. The highest BCUT2D eigenvalue weighted by molar-refractivity contribution is 7.80. The summed E-state index contributed by atoms with van der Waals surface area (Å²) in [6, 6.07) is 6.73. The first-order chi connectivity index (χ1) is 9.22. The minimum absolute atomic E-state index is 0.193. The molecule has 0 fully saturated rings. The molecule has 1 aromatic rings. The fourth-order valence-electron chi connectivity index (χ4n) is 2.67. The van der Waals surface area contributed by atoms with Gasteiger partial charge in [-0.1, -0.05) is 18.2 Å². The molecule has 0 bridgehead atoms. The topological polar surface area (TPSA) is 26.1 Å². The zero-order valence-corrected chi connectivity index (χ0v) is 11.2. The van der Waals surface area contributed by atoms with Gasteiger partial charge in [0.05, 0.1) is 5.70 Å². The highest BCUT2D eigenvalue weighted by Crippen LogP contribution is 2.37. The third-order valence-electron chi connectivity index (χ3n) is 3.56. The zero-order valence-electron chi connectivity index (χ0n) is 10.4. The Labute approximate surface area is 117 Å². The Balaban J connectivity index is 1.74. The summed E-state index contributed by atoms with van der Waals surface area (Å²) >= 11 is 4.99. The number of thiocarbonyl (C=S) groups is 1. The molecule has 0 spiro atoms. The third kappa shape index (κ3) is 2.68. The predicted octanol–water partition coefficient (Wildman–Crippen LogP) is 3.34. The molecular weight excluding hydrogens is 259 g/mol. The van der Waals surface area contributed by atoms with Crippen LogP contribution in [0.25, 0.3) is 5.57 Å². The molecule has 0 saturated heterocycles. The molecule has 1 heterocycles. The van der Waals surface area contributed by atoms with E-state index in [9.17, 15) is 4.39 Å². The van der Waals surface area contributed by atoms with E-state index in [0.29, 0.717) is 11.0 Å². The minimum atomic E-state index is -0.193. The molecule has 1 atom stereocenters. The van der Waals surface area contributed by atoms with E-state index in [1.165, 1.54) is 17.7 Å². The molecule has 0 saturated carbocycles. The van der Waals surface area contributed by atoms with E-state index < -0.39 is 0 Å². The van der Waals surface area contributed by atoms with Crippen molar-refractivity contribution >= 4 is 22.9 Å². The maximum absolute atomic E-state index is 13.0. The van der Waals surface area contributed by atoms with Crippen LogP contribution in [-0.4, -0.2) is 5.11 Å². The smallest absolute Gasteiger partial charge is 0.197 e. The van der Waals surface area contributed by atoms with E-state index in [1.807, 2.05) is 18.3 Å². The third-order valence-corrected chi connectivity index (χ3v) is 3.77. The normalized spacial score (nSPS) is 21.7. The molecule has 19 heavy (non-hydrogen) atoms. The van der Waals surface area contributed by atoms with Crippen molar-refractivity contribution in [2.75, 3.05) is 0 Å². The van der Waals surface area contributed by atoms with Gasteiger partial charge < -0.3 is 5.32 Å². The van der Waals surface area contributed by atoms with Gasteiger partial charge in [0.25, 0.3) is 0 Å². The number of nitrogens with one attached hydrogen (secondary N) is 1. The van der Waals surface area contributed by atoms with Crippen LogP contribution in [0, 0.1) is 11.7 Å². The summed E-state index contributed by atoms with van der Waals surface area (Å²) in [5, 5.41) is 7.77. The summed E-state index contributed by atoms with van der Waals surface area (Å²) in [6.45, 7) is 0. The maximum atomic E-state index is 13.0. The van der Waals surface area contributed by atoms with Crippen LogP contribution in [0.5, 0.6) is 0 Å². The number of nitrogens with zero attached hydrogens (tertiary/aromatic N) is 1. The van der Waals surface area contributed by atoms with E-state index in [-0.39, 0.29) is 5.82 Å². The molecule has 1 aromatic carbocycles. The van der Waals surface area contributed by atoms with Crippen molar-refractivity contribution in [3.05, 3.63) is 53.6 Å². The van der Waals surface area contributed by atoms with Crippen molar-refractivity contribution in [3.8, 4) is 0 Å². The van der Waals surface area contributed by atoms with Crippen LogP contribution in [0.3, 0.4) is 0 Å². The highest BCUT2D eigenvalue weighted by atomic mass is 32.1. The fourth-order valence-corrected chi connectivity index (χ4v) is 2.84. The summed E-state index contributed by atoms with van der Waals surface area (Å²) in [5.41, 5.74) is 3.41. The Morgan fingerprint density at radius 3 is 2.79 bits per heavy atom. The van der Waals surface area contributed by atoms with Gasteiger partial charge in [0, 0.05) is 6.20 Å². The van der Waals surface area contributed by atoms with Gasteiger partial charge >= 0.3 is 0 Å². The van der Waals surface area contributed by atoms with Gasteiger partial charge in [-0.05, 0) is 60.7 Å². The van der Waals surface area contributed by atoms with Gasteiger partial charge in [0.1, 0.15) is 5.82 Å². The molecule has 4 heteroatoms. The molecule has 1 radical (unpaired) electrons. The lowest BCUT2D eigenvalue weighted by Crippen LogP contribution is -2.16. The van der Waals surface area contributed by atoms with E-state index >= 15 is 0 Å². The molecule has 0 aromatic heterocycles. The first kappa shape index (κ1) is 12.4. The number of halogens is 1. The minimum Gasteiger partial charge on any atom is -0.336 e. The van der Waals surface area contributed by atoms with Crippen LogP contribution in [0.1, 0.15) is 24.8 Å². The Morgan fingerprint density at radius 1 is 1.32 bits per heavy atom. The Hall–Kier alpha value is -1.68. The molecule has 1 aliphatic heterocycles. The number of rotatable bonds is 3. The lowest BCUT2D eigenvalue weighted by Gasteiger charge is -2.15. The van der Waals surface area contributed by atoms with Crippen LogP contribution in [-0.2, 0) is 0 Å². The first-order valence-electron chi connectivity index (χ1n) is 6.39. The van der Waals surface area contributed by atoms with Crippen molar-refractivity contribution < 1.29 is 4.39 Å². The number of hydrogen-bond donors (Lipinski definition) is 1. The second-order valence-corrected chi connectivity index (χ2v) is 5.23. The molecule has 0 unspecified atom stereocenters. The number of hydrogen-bond acceptors (Lipinski definition) is 1. The summed E-state index contributed by atoms with van der Waals surface area (Å²) in [6.07, 6.45) is 7.20. The van der Waals surface area contributed by atoms with E-state index in [0.717, 1.165) is 30.5 Å². The molecule has 97 valence electrons. The second-order valence-electron chi connectivity index (χ2n) is 4.84. The molecule has 1 aliphatic carbocycles. The molecule has 2 aliphatic rings. The lowest BCUT2D eigenvalue weighted by molar-refractivity contribution is 0.623. The average molecular weight is 273 g/mol. The zero-order chi connectivity index (χ0) is 13.2. The molecular formula is C15H14FN2S.